The molecule has 2 aromatic carbocycles. The fraction of sp³-hybridized carbons (Fsp3) is 0.0500. The van der Waals surface area contributed by atoms with Crippen molar-refractivity contribution < 1.29 is 4.39 Å². The Kier molecular flexibility index (Phi) is 3.58. The van der Waals surface area contributed by atoms with E-state index in [0.717, 1.165) is 27.7 Å². The topological polar surface area (TPSA) is 17.8 Å². The van der Waals surface area contributed by atoms with Crippen LogP contribution in [0, 0.1) is 12.7 Å². The Hall–Kier alpha value is -2.65. The Labute approximate surface area is 144 Å². The molecule has 0 spiro atoms. The SMILES string of the molecule is Cc1ccncc1-n1ccc2cc(-c3ccccc3F)cc(Cl)c21. The fourth-order valence-electron chi connectivity index (χ4n) is 2.99. The summed E-state index contributed by atoms with van der Waals surface area (Å²) in [6, 6.07) is 14.4. The van der Waals surface area contributed by atoms with Crippen molar-refractivity contribution in [3.63, 3.8) is 0 Å². The predicted molar refractivity (Wildman–Crippen MR) is 96.2 cm³/mol. The highest BCUT2D eigenvalue weighted by atomic mass is 35.5. The van der Waals surface area contributed by atoms with Gasteiger partial charge in [-0.05, 0) is 48.4 Å². The van der Waals surface area contributed by atoms with E-state index in [2.05, 4.69) is 4.98 Å². The van der Waals surface area contributed by atoms with Gasteiger partial charge in [0.2, 0.25) is 0 Å². The van der Waals surface area contributed by atoms with Gasteiger partial charge in [0.15, 0.2) is 0 Å². The Morgan fingerprint density at radius 1 is 1.08 bits per heavy atom. The zero-order chi connectivity index (χ0) is 16.7. The first-order valence-corrected chi connectivity index (χ1v) is 7.99. The first-order valence-electron chi connectivity index (χ1n) is 7.61. The first-order chi connectivity index (χ1) is 11.6. The number of aryl methyl sites for hydroxylation is 1. The van der Waals surface area contributed by atoms with Gasteiger partial charge in [-0.25, -0.2) is 4.39 Å². The second-order valence-corrected chi connectivity index (χ2v) is 6.13. The molecule has 0 aliphatic heterocycles. The molecule has 0 amide bonds. The van der Waals surface area contributed by atoms with Gasteiger partial charge in [-0.1, -0.05) is 29.8 Å². The molecule has 0 bridgehead atoms. The highest BCUT2D eigenvalue weighted by Gasteiger charge is 2.13. The molecule has 0 aliphatic rings. The summed E-state index contributed by atoms with van der Waals surface area (Å²) in [4.78, 5) is 4.20. The van der Waals surface area contributed by atoms with Crippen LogP contribution in [0.5, 0.6) is 0 Å². The third-order valence-corrected chi connectivity index (χ3v) is 4.48. The summed E-state index contributed by atoms with van der Waals surface area (Å²) in [6.07, 6.45) is 5.55. The van der Waals surface area contributed by atoms with Crippen molar-refractivity contribution in [3.8, 4) is 16.8 Å². The van der Waals surface area contributed by atoms with Crippen LogP contribution in [-0.2, 0) is 0 Å². The molecular weight excluding hydrogens is 323 g/mol. The summed E-state index contributed by atoms with van der Waals surface area (Å²) in [5.74, 6) is -0.254. The van der Waals surface area contributed by atoms with Gasteiger partial charge in [-0.2, -0.15) is 0 Å². The number of fused-ring (bicyclic) bond motifs is 1. The monoisotopic (exact) mass is 336 g/mol. The number of rotatable bonds is 2. The standard InChI is InChI=1S/C20H14ClFN2/c1-13-6-8-23-12-19(13)24-9-7-14-10-15(11-17(21)20(14)24)16-4-2-3-5-18(16)22/h2-12H,1H3. The number of aromatic nitrogens is 2. The normalized spacial score (nSPS) is 11.1. The van der Waals surface area contributed by atoms with E-state index in [1.165, 1.54) is 6.07 Å². The molecule has 0 unspecified atom stereocenters. The molecule has 4 rings (SSSR count). The maximum Gasteiger partial charge on any atom is 0.131 e. The quantitative estimate of drug-likeness (QED) is 0.453. The molecular formula is C20H14ClFN2. The minimum Gasteiger partial charge on any atom is -0.313 e. The second-order valence-electron chi connectivity index (χ2n) is 5.72. The van der Waals surface area contributed by atoms with Crippen molar-refractivity contribution >= 4 is 22.5 Å². The number of hydrogen-bond donors (Lipinski definition) is 0. The molecule has 118 valence electrons. The third-order valence-electron chi connectivity index (χ3n) is 4.19. The van der Waals surface area contributed by atoms with Crippen molar-refractivity contribution in [2.75, 3.05) is 0 Å². The molecule has 0 radical (unpaired) electrons. The molecule has 24 heavy (non-hydrogen) atoms. The Bertz CT molecular complexity index is 1050. The minimum atomic E-state index is -0.254. The number of nitrogens with zero attached hydrogens (tertiary/aromatic N) is 2. The van der Waals surface area contributed by atoms with Crippen LogP contribution in [0.2, 0.25) is 5.02 Å². The fourth-order valence-corrected chi connectivity index (χ4v) is 3.31. The van der Waals surface area contributed by atoms with Crippen molar-refractivity contribution in [1.82, 2.24) is 9.55 Å². The number of pyridine rings is 1. The molecule has 2 nitrogen and oxygen atoms in total. The van der Waals surface area contributed by atoms with E-state index < -0.39 is 0 Å². The molecule has 0 aliphatic carbocycles. The van der Waals surface area contributed by atoms with Crippen LogP contribution in [0.25, 0.3) is 27.7 Å². The zero-order valence-corrected chi connectivity index (χ0v) is 13.8. The number of hydrogen-bond acceptors (Lipinski definition) is 1. The molecule has 0 saturated carbocycles. The Morgan fingerprint density at radius 2 is 1.92 bits per heavy atom. The molecule has 2 heterocycles. The van der Waals surface area contributed by atoms with Gasteiger partial charge in [0.05, 0.1) is 22.4 Å². The van der Waals surface area contributed by atoms with Crippen LogP contribution in [0.15, 0.2) is 67.1 Å². The minimum absolute atomic E-state index is 0.254. The van der Waals surface area contributed by atoms with Gasteiger partial charge < -0.3 is 4.57 Å². The van der Waals surface area contributed by atoms with Gasteiger partial charge in [-0.3, -0.25) is 4.98 Å². The summed E-state index contributed by atoms with van der Waals surface area (Å²) in [5.41, 5.74) is 4.30. The number of halogens is 2. The maximum absolute atomic E-state index is 14.1. The molecule has 0 fully saturated rings. The molecule has 0 N–H and O–H groups in total. The Morgan fingerprint density at radius 3 is 2.71 bits per heavy atom. The lowest BCUT2D eigenvalue weighted by Gasteiger charge is -2.11. The molecule has 4 aromatic rings. The van der Waals surface area contributed by atoms with Crippen LogP contribution in [0.4, 0.5) is 4.39 Å². The van der Waals surface area contributed by atoms with E-state index in [9.17, 15) is 4.39 Å². The van der Waals surface area contributed by atoms with E-state index in [4.69, 9.17) is 11.6 Å². The summed E-state index contributed by atoms with van der Waals surface area (Å²) < 4.78 is 16.1. The summed E-state index contributed by atoms with van der Waals surface area (Å²) in [6.45, 7) is 2.03. The van der Waals surface area contributed by atoms with Crippen LogP contribution in [0.1, 0.15) is 5.56 Å². The van der Waals surface area contributed by atoms with E-state index in [1.807, 2.05) is 54.2 Å². The first kappa shape index (κ1) is 14.9. The summed E-state index contributed by atoms with van der Waals surface area (Å²) in [7, 11) is 0. The maximum atomic E-state index is 14.1. The van der Waals surface area contributed by atoms with E-state index in [1.54, 1.807) is 18.3 Å². The lowest BCUT2D eigenvalue weighted by Crippen LogP contribution is -1.96. The van der Waals surface area contributed by atoms with E-state index in [0.29, 0.717) is 10.6 Å². The average molecular weight is 337 g/mol. The Balaban J connectivity index is 1.94. The van der Waals surface area contributed by atoms with Crippen LogP contribution in [-0.4, -0.2) is 9.55 Å². The lowest BCUT2D eigenvalue weighted by molar-refractivity contribution is 0.631. The van der Waals surface area contributed by atoms with Crippen molar-refractivity contribution in [3.05, 3.63) is 83.5 Å². The largest absolute Gasteiger partial charge is 0.313 e. The van der Waals surface area contributed by atoms with E-state index in [-0.39, 0.29) is 5.82 Å². The summed E-state index contributed by atoms with van der Waals surface area (Å²) >= 11 is 6.55. The zero-order valence-electron chi connectivity index (χ0n) is 13.0. The number of benzene rings is 2. The van der Waals surface area contributed by atoms with Crippen LogP contribution >= 0.6 is 11.6 Å². The molecule has 2 aromatic heterocycles. The van der Waals surface area contributed by atoms with Crippen molar-refractivity contribution in [1.29, 1.82) is 0 Å². The highest BCUT2D eigenvalue weighted by Crippen LogP contribution is 2.34. The van der Waals surface area contributed by atoms with Gasteiger partial charge >= 0.3 is 0 Å². The third kappa shape index (κ3) is 2.38. The van der Waals surface area contributed by atoms with Crippen LogP contribution in [0.3, 0.4) is 0 Å². The van der Waals surface area contributed by atoms with Gasteiger partial charge in [0.25, 0.3) is 0 Å². The molecule has 4 heteroatoms. The van der Waals surface area contributed by atoms with E-state index >= 15 is 0 Å². The van der Waals surface area contributed by atoms with Gasteiger partial charge in [-0.15, -0.1) is 0 Å². The lowest BCUT2D eigenvalue weighted by atomic mass is 10.0. The average Bonchev–Trinajstić information content (AvgIpc) is 3.00. The predicted octanol–water partition coefficient (Wildman–Crippen LogP) is 5.79. The van der Waals surface area contributed by atoms with Gasteiger partial charge in [0.1, 0.15) is 5.82 Å². The smallest absolute Gasteiger partial charge is 0.131 e. The second kappa shape index (κ2) is 5.77. The van der Waals surface area contributed by atoms with Gasteiger partial charge in [0, 0.05) is 23.3 Å². The highest BCUT2D eigenvalue weighted by molar-refractivity contribution is 6.35. The molecule has 0 atom stereocenters. The summed E-state index contributed by atoms with van der Waals surface area (Å²) in [5, 5.41) is 1.54. The van der Waals surface area contributed by atoms with Crippen molar-refractivity contribution in [2.24, 2.45) is 0 Å². The van der Waals surface area contributed by atoms with Crippen LogP contribution < -0.4 is 0 Å². The van der Waals surface area contributed by atoms with Crippen molar-refractivity contribution in [2.45, 2.75) is 6.92 Å². The molecule has 0 saturated heterocycles.